The van der Waals surface area contributed by atoms with E-state index in [1.165, 1.54) is 0 Å². The first-order chi connectivity index (χ1) is 8.52. The van der Waals surface area contributed by atoms with Gasteiger partial charge in [0.1, 0.15) is 5.75 Å². The van der Waals surface area contributed by atoms with Crippen LogP contribution < -0.4 is 4.52 Å². The lowest BCUT2D eigenvalue weighted by Gasteiger charge is -2.19. The van der Waals surface area contributed by atoms with Gasteiger partial charge in [0.15, 0.2) is 0 Å². The Bertz CT molecular complexity index is 436. The molecule has 1 aromatic carbocycles. The standard InChI is InChI=1S/C12H18ClO4P/c1-4-15-18(14,16-9-8-13)17-12-7-5-6-10(2)11(12)3/h5-7H,4,8-9H2,1-3H3. The number of benzene rings is 1. The average molecular weight is 293 g/mol. The Morgan fingerprint density at radius 1 is 1.28 bits per heavy atom. The summed E-state index contributed by atoms with van der Waals surface area (Å²) >= 11 is 5.51. The van der Waals surface area contributed by atoms with E-state index in [-0.39, 0.29) is 19.1 Å². The normalized spacial score (nSPS) is 14.2. The van der Waals surface area contributed by atoms with Gasteiger partial charge in [0, 0.05) is 5.88 Å². The highest BCUT2D eigenvalue weighted by atomic mass is 35.5. The Morgan fingerprint density at radius 2 is 2.00 bits per heavy atom. The summed E-state index contributed by atoms with van der Waals surface area (Å²) in [7, 11) is -3.59. The van der Waals surface area contributed by atoms with E-state index in [4.69, 9.17) is 25.2 Å². The van der Waals surface area contributed by atoms with Gasteiger partial charge >= 0.3 is 7.82 Å². The molecule has 18 heavy (non-hydrogen) atoms. The van der Waals surface area contributed by atoms with Gasteiger partial charge in [0.25, 0.3) is 0 Å². The van der Waals surface area contributed by atoms with Gasteiger partial charge in [0.2, 0.25) is 0 Å². The first-order valence-electron chi connectivity index (χ1n) is 5.73. The second kappa shape index (κ2) is 7.15. The number of hydrogen-bond donors (Lipinski definition) is 0. The third kappa shape index (κ3) is 4.29. The number of phosphoric acid groups is 1. The monoisotopic (exact) mass is 292 g/mol. The van der Waals surface area contributed by atoms with Gasteiger partial charge in [-0.25, -0.2) is 4.57 Å². The Hall–Kier alpha value is -0.540. The molecule has 4 nitrogen and oxygen atoms in total. The molecule has 1 aromatic rings. The zero-order valence-corrected chi connectivity index (χ0v) is 12.5. The molecule has 0 aromatic heterocycles. The lowest BCUT2D eigenvalue weighted by atomic mass is 10.1. The minimum Gasteiger partial charge on any atom is -0.404 e. The highest BCUT2D eigenvalue weighted by Gasteiger charge is 2.28. The molecule has 102 valence electrons. The van der Waals surface area contributed by atoms with Crippen molar-refractivity contribution in [1.82, 2.24) is 0 Å². The minimum atomic E-state index is -3.59. The molecule has 0 N–H and O–H groups in total. The van der Waals surface area contributed by atoms with E-state index in [1.54, 1.807) is 13.0 Å². The molecule has 0 aliphatic heterocycles. The molecule has 1 atom stereocenters. The van der Waals surface area contributed by atoms with E-state index in [0.717, 1.165) is 11.1 Å². The van der Waals surface area contributed by atoms with E-state index in [2.05, 4.69) is 0 Å². The molecule has 1 unspecified atom stereocenters. The maximum atomic E-state index is 12.3. The van der Waals surface area contributed by atoms with Crippen LogP contribution in [0.2, 0.25) is 0 Å². The Balaban J connectivity index is 2.89. The maximum Gasteiger partial charge on any atom is 0.530 e. The van der Waals surface area contributed by atoms with E-state index < -0.39 is 7.82 Å². The SMILES string of the molecule is CCOP(=O)(OCCCl)Oc1cccc(C)c1C. The molecule has 0 saturated heterocycles. The van der Waals surface area contributed by atoms with Gasteiger partial charge in [-0.15, -0.1) is 11.6 Å². The van der Waals surface area contributed by atoms with Crippen molar-refractivity contribution < 1.29 is 18.1 Å². The number of alkyl halides is 1. The molecule has 0 amide bonds. The van der Waals surface area contributed by atoms with Gasteiger partial charge in [-0.3, -0.25) is 9.05 Å². The summed E-state index contributed by atoms with van der Waals surface area (Å²) < 4.78 is 27.9. The molecule has 0 aliphatic rings. The summed E-state index contributed by atoms with van der Waals surface area (Å²) in [5.74, 6) is 0.731. The molecule has 0 fully saturated rings. The molecule has 0 heterocycles. The van der Waals surface area contributed by atoms with Gasteiger partial charge in [-0.2, -0.15) is 0 Å². The van der Waals surface area contributed by atoms with Gasteiger partial charge < -0.3 is 4.52 Å². The largest absolute Gasteiger partial charge is 0.530 e. The molecule has 0 aliphatic carbocycles. The molecule has 0 bridgehead atoms. The van der Waals surface area contributed by atoms with Gasteiger partial charge in [0.05, 0.1) is 13.2 Å². The lowest BCUT2D eigenvalue weighted by Crippen LogP contribution is -2.05. The average Bonchev–Trinajstić information content (AvgIpc) is 2.33. The number of halogens is 1. The van der Waals surface area contributed by atoms with Crippen molar-refractivity contribution in [2.24, 2.45) is 0 Å². The predicted molar refractivity (Wildman–Crippen MR) is 72.4 cm³/mol. The van der Waals surface area contributed by atoms with Crippen LogP contribution in [0.3, 0.4) is 0 Å². The topological polar surface area (TPSA) is 44.8 Å². The van der Waals surface area contributed by atoms with E-state index in [0.29, 0.717) is 5.75 Å². The van der Waals surface area contributed by atoms with Crippen molar-refractivity contribution in [3.8, 4) is 5.75 Å². The highest BCUT2D eigenvalue weighted by Crippen LogP contribution is 2.50. The third-order valence-electron chi connectivity index (χ3n) is 2.38. The van der Waals surface area contributed by atoms with E-state index >= 15 is 0 Å². The first kappa shape index (κ1) is 15.5. The Labute approximate surface area is 113 Å². The van der Waals surface area contributed by atoms with Crippen LogP contribution in [0.15, 0.2) is 18.2 Å². The van der Waals surface area contributed by atoms with Crippen molar-refractivity contribution in [1.29, 1.82) is 0 Å². The lowest BCUT2D eigenvalue weighted by molar-refractivity contribution is 0.168. The summed E-state index contributed by atoms with van der Waals surface area (Å²) in [6.45, 7) is 5.92. The second-order valence-corrected chi connectivity index (χ2v) is 5.65. The van der Waals surface area contributed by atoms with Gasteiger partial charge in [-0.1, -0.05) is 12.1 Å². The fourth-order valence-corrected chi connectivity index (χ4v) is 2.77. The predicted octanol–water partition coefficient (Wildman–Crippen LogP) is 4.08. The van der Waals surface area contributed by atoms with Crippen LogP contribution in [-0.2, 0) is 13.6 Å². The zero-order chi connectivity index (χ0) is 13.6. The van der Waals surface area contributed by atoms with Crippen LogP contribution in [0.25, 0.3) is 0 Å². The number of phosphoric ester groups is 1. The molecule has 0 saturated carbocycles. The maximum absolute atomic E-state index is 12.3. The summed E-state index contributed by atoms with van der Waals surface area (Å²) in [5.41, 5.74) is 1.96. The third-order valence-corrected chi connectivity index (χ3v) is 4.03. The smallest absolute Gasteiger partial charge is 0.404 e. The van der Waals surface area contributed by atoms with Crippen molar-refractivity contribution in [3.63, 3.8) is 0 Å². The second-order valence-electron chi connectivity index (χ2n) is 3.68. The highest BCUT2D eigenvalue weighted by molar-refractivity contribution is 7.48. The van der Waals surface area contributed by atoms with Crippen molar-refractivity contribution >= 4 is 19.4 Å². The van der Waals surface area contributed by atoms with Crippen molar-refractivity contribution in [2.75, 3.05) is 19.1 Å². The summed E-state index contributed by atoms with van der Waals surface area (Å²) in [6.07, 6.45) is 0. The molecular formula is C12H18ClO4P. The van der Waals surface area contributed by atoms with Crippen LogP contribution in [-0.4, -0.2) is 19.1 Å². The molecule has 1 rings (SSSR count). The van der Waals surface area contributed by atoms with Crippen LogP contribution in [0.4, 0.5) is 0 Å². The number of hydrogen-bond acceptors (Lipinski definition) is 4. The Morgan fingerprint density at radius 3 is 2.61 bits per heavy atom. The fraction of sp³-hybridized carbons (Fsp3) is 0.500. The van der Waals surface area contributed by atoms with Crippen LogP contribution in [0.1, 0.15) is 18.1 Å². The van der Waals surface area contributed by atoms with Crippen LogP contribution >= 0.6 is 19.4 Å². The van der Waals surface area contributed by atoms with E-state index in [9.17, 15) is 4.57 Å². The summed E-state index contributed by atoms with van der Waals surface area (Å²) in [6, 6.07) is 5.51. The van der Waals surface area contributed by atoms with Gasteiger partial charge in [-0.05, 0) is 38.0 Å². The molecule has 6 heteroatoms. The quantitative estimate of drug-likeness (QED) is 0.561. The Kier molecular flexibility index (Phi) is 6.16. The molecular weight excluding hydrogens is 275 g/mol. The minimum absolute atomic E-state index is 0.115. The van der Waals surface area contributed by atoms with Crippen LogP contribution in [0.5, 0.6) is 5.75 Å². The van der Waals surface area contributed by atoms with Crippen molar-refractivity contribution in [2.45, 2.75) is 20.8 Å². The van der Waals surface area contributed by atoms with E-state index in [1.807, 2.05) is 26.0 Å². The molecule has 0 radical (unpaired) electrons. The fourth-order valence-electron chi connectivity index (χ4n) is 1.34. The summed E-state index contributed by atoms with van der Waals surface area (Å²) in [4.78, 5) is 0. The van der Waals surface area contributed by atoms with Crippen molar-refractivity contribution in [3.05, 3.63) is 29.3 Å². The van der Waals surface area contributed by atoms with Crippen LogP contribution in [0, 0.1) is 13.8 Å². The first-order valence-corrected chi connectivity index (χ1v) is 7.73. The number of rotatable bonds is 7. The molecule has 0 spiro atoms. The zero-order valence-electron chi connectivity index (χ0n) is 10.8. The number of aryl methyl sites for hydroxylation is 1. The summed E-state index contributed by atoms with van der Waals surface area (Å²) in [5, 5.41) is 0.